The van der Waals surface area contributed by atoms with Crippen molar-refractivity contribution in [3.8, 4) is 66.8 Å². The minimum Gasteiger partial charge on any atom is -0.463 e. The number of esters is 3. The topological polar surface area (TPSA) is 114 Å². The molecule has 0 saturated carbocycles. The van der Waals surface area contributed by atoms with Crippen molar-refractivity contribution in [3.63, 3.8) is 0 Å². The molecule has 1 N–H and O–H groups in total. The predicted molar refractivity (Wildman–Crippen MR) is 344 cm³/mol. The van der Waals surface area contributed by atoms with E-state index < -0.39 is 0 Å². The van der Waals surface area contributed by atoms with Crippen LogP contribution in [0.4, 0.5) is 0 Å². The van der Waals surface area contributed by atoms with Gasteiger partial charge in [0.1, 0.15) is 19.8 Å². The summed E-state index contributed by atoms with van der Waals surface area (Å²) in [5, 5.41) is 11.0. The van der Waals surface area contributed by atoms with E-state index >= 15 is 0 Å². The van der Waals surface area contributed by atoms with Gasteiger partial charge in [-0.15, -0.1) is 0 Å². The van der Waals surface area contributed by atoms with E-state index in [9.17, 15) is 14.4 Å². The summed E-state index contributed by atoms with van der Waals surface area (Å²) in [4.78, 5) is 39.8. The standard InChI is InChI=1S/C48H46Cl2N2O4.C25H26ClNO3/c1-47(2)27-39-45(31-11-7-5-8-12-31)43(33-15-19-35(49)20-16-33)37(51(39)29-47)25-41(53)55-23-24-56-42(54)26-38-44(34-17-21-36(50)22-18-34)46(32-13-9-6-10-14-32)40-28-48(3,4)30-52(38)40;1-25(2)15-21-24(17-6-4-3-5-7-17)23(18-8-10-19(26)11-9-18)20(27(21)16-25)14-22(29)30-13-12-28/h5-22H,23-30H2,1-4H3;3-11,28H,12-16H2,1-2H3. The van der Waals surface area contributed by atoms with Gasteiger partial charge in [0, 0.05) is 102 Å². The van der Waals surface area contributed by atoms with E-state index in [2.05, 4.69) is 91.6 Å². The summed E-state index contributed by atoms with van der Waals surface area (Å²) in [6.07, 6.45) is 3.04. The summed E-state index contributed by atoms with van der Waals surface area (Å²) < 4.78 is 23.7. The largest absolute Gasteiger partial charge is 0.463 e. The Morgan fingerprint density at radius 3 is 0.872 bits per heavy atom. The number of aromatic nitrogens is 3. The van der Waals surface area contributed by atoms with E-state index in [1.54, 1.807) is 0 Å². The average molecular weight is 1210 g/mol. The highest BCUT2D eigenvalue weighted by atomic mass is 35.5. The van der Waals surface area contributed by atoms with Gasteiger partial charge < -0.3 is 33.0 Å². The van der Waals surface area contributed by atoms with Gasteiger partial charge >= 0.3 is 17.9 Å². The van der Waals surface area contributed by atoms with Gasteiger partial charge in [0.2, 0.25) is 0 Å². The molecule has 0 saturated heterocycles. The molecule has 0 atom stereocenters. The highest BCUT2D eigenvalue weighted by molar-refractivity contribution is 6.31. The van der Waals surface area contributed by atoms with Crippen molar-refractivity contribution < 1.29 is 33.7 Å². The minimum absolute atomic E-state index is 0.0136. The molecule has 9 aromatic rings. The second-order valence-corrected chi connectivity index (χ2v) is 26.6. The monoisotopic (exact) mass is 1210 g/mol. The molecule has 3 aliphatic rings. The number of hydrogen-bond acceptors (Lipinski definition) is 7. The SMILES string of the molecule is CC1(C)Cc2c(-c3ccccc3)c(-c3ccc(Cl)cc3)c(CC(=O)OCCO)n2C1.CC1(C)Cc2c(-c3ccccc3)c(-c3ccc(Cl)cc3)c(CC(=O)OCCOC(=O)Cc3c(-c4ccc(Cl)cc4)c(-c4ccccc4)c4n3CC(C)(C)C4)n2C1. The lowest BCUT2D eigenvalue weighted by atomic mass is 9.86. The van der Waals surface area contributed by atoms with Crippen molar-refractivity contribution in [2.24, 2.45) is 16.2 Å². The first-order valence-electron chi connectivity index (χ1n) is 29.5. The van der Waals surface area contributed by atoms with E-state index in [1.807, 2.05) is 127 Å². The number of nitrogens with zero attached hydrogens (tertiary/aromatic N) is 3. The summed E-state index contributed by atoms with van der Waals surface area (Å²) in [6, 6.07) is 54.5. The number of aliphatic hydroxyl groups is 1. The molecule has 3 aliphatic heterocycles. The van der Waals surface area contributed by atoms with Gasteiger partial charge in [-0.25, -0.2) is 0 Å². The number of hydrogen-bond donors (Lipinski definition) is 1. The quantitative estimate of drug-likeness (QED) is 0.0549. The zero-order valence-corrected chi connectivity index (χ0v) is 51.9. The molecule has 0 spiro atoms. The van der Waals surface area contributed by atoms with Crippen LogP contribution < -0.4 is 0 Å². The zero-order chi connectivity index (χ0) is 60.5. The first-order valence-corrected chi connectivity index (χ1v) is 30.6. The van der Waals surface area contributed by atoms with Crippen molar-refractivity contribution >= 4 is 52.7 Å². The molecule has 442 valence electrons. The molecule has 10 nitrogen and oxygen atoms in total. The van der Waals surface area contributed by atoms with E-state index in [4.69, 9.17) is 54.1 Å². The molecule has 6 heterocycles. The summed E-state index contributed by atoms with van der Waals surface area (Å²) in [6.45, 7) is 15.7. The normalized spacial score (nSPS) is 14.9. The van der Waals surface area contributed by atoms with E-state index in [0.717, 1.165) is 117 Å². The van der Waals surface area contributed by atoms with E-state index in [1.165, 1.54) is 22.6 Å². The summed E-state index contributed by atoms with van der Waals surface area (Å²) in [7, 11) is 0. The number of fused-ring (bicyclic) bond motifs is 3. The summed E-state index contributed by atoms with van der Waals surface area (Å²) in [5.41, 5.74) is 19.6. The summed E-state index contributed by atoms with van der Waals surface area (Å²) >= 11 is 18.8. The number of carbonyl (C=O) groups excluding carboxylic acids is 3. The predicted octanol–water partition coefficient (Wildman–Crippen LogP) is 16.4. The molecule has 0 unspecified atom stereocenters. The highest BCUT2D eigenvalue weighted by Crippen LogP contribution is 2.50. The van der Waals surface area contributed by atoms with Gasteiger partial charge in [0.05, 0.1) is 25.9 Å². The Labute approximate surface area is 519 Å². The molecule has 0 aliphatic carbocycles. The summed E-state index contributed by atoms with van der Waals surface area (Å²) in [5.74, 6) is -1.07. The molecular weight excluding hydrogens is 1140 g/mol. The molecule has 6 aromatic carbocycles. The Bertz CT molecular complexity index is 3760. The fraction of sp³-hybridized carbons (Fsp3) is 0.301. The van der Waals surface area contributed by atoms with Crippen LogP contribution in [0.1, 0.15) is 75.7 Å². The maximum absolute atomic E-state index is 13.6. The van der Waals surface area contributed by atoms with Gasteiger partial charge in [-0.3, -0.25) is 14.4 Å². The molecule has 0 amide bonds. The van der Waals surface area contributed by atoms with Crippen LogP contribution >= 0.6 is 34.8 Å². The van der Waals surface area contributed by atoms with Crippen molar-refractivity contribution in [2.75, 3.05) is 26.4 Å². The fourth-order valence-electron chi connectivity index (χ4n) is 13.2. The maximum atomic E-state index is 13.6. The molecule has 12 rings (SSSR count). The van der Waals surface area contributed by atoms with E-state index in [-0.39, 0.29) is 79.8 Å². The van der Waals surface area contributed by atoms with Gasteiger partial charge in [-0.05, 0) is 105 Å². The molecule has 0 radical (unpaired) electrons. The molecule has 0 bridgehead atoms. The smallest absolute Gasteiger partial charge is 0.311 e. The van der Waals surface area contributed by atoms with E-state index in [0.29, 0.717) is 15.1 Å². The number of benzene rings is 6. The Morgan fingerprint density at radius 1 is 0.372 bits per heavy atom. The molecule has 0 fully saturated rings. The van der Waals surface area contributed by atoms with Crippen LogP contribution in [-0.4, -0.2) is 63.1 Å². The lowest BCUT2D eigenvalue weighted by Crippen LogP contribution is -2.20. The van der Waals surface area contributed by atoms with Crippen LogP contribution in [0.2, 0.25) is 15.1 Å². The maximum Gasteiger partial charge on any atom is 0.311 e. The second kappa shape index (κ2) is 25.0. The second-order valence-electron chi connectivity index (χ2n) is 25.2. The lowest BCUT2D eigenvalue weighted by molar-refractivity contribution is -0.151. The van der Waals surface area contributed by atoms with Crippen LogP contribution in [0.15, 0.2) is 164 Å². The van der Waals surface area contributed by atoms with Crippen molar-refractivity contribution in [1.82, 2.24) is 13.7 Å². The third kappa shape index (κ3) is 12.9. The number of rotatable bonds is 17. The third-order valence-electron chi connectivity index (χ3n) is 16.6. The van der Waals surface area contributed by atoms with Crippen molar-refractivity contribution in [2.45, 2.75) is 99.7 Å². The number of aliphatic hydroxyl groups excluding tert-OH is 1. The van der Waals surface area contributed by atoms with Crippen LogP contribution in [0, 0.1) is 16.2 Å². The first-order chi connectivity index (χ1) is 41.3. The fourth-order valence-corrected chi connectivity index (χ4v) is 13.6. The van der Waals surface area contributed by atoms with Crippen LogP contribution in [0.3, 0.4) is 0 Å². The van der Waals surface area contributed by atoms with Crippen molar-refractivity contribution in [1.29, 1.82) is 0 Å². The zero-order valence-electron chi connectivity index (χ0n) is 49.7. The molecule has 3 aromatic heterocycles. The van der Waals surface area contributed by atoms with Gasteiger partial charge in [-0.1, -0.05) is 204 Å². The number of halogens is 3. The molecular formula is C73H72Cl3N3O7. The first kappa shape index (κ1) is 60.1. The Balaban J connectivity index is 0.000000215. The van der Waals surface area contributed by atoms with Crippen LogP contribution in [0.25, 0.3) is 66.8 Å². The highest BCUT2D eigenvalue weighted by Gasteiger charge is 2.40. The Hall–Kier alpha value is -7.60. The van der Waals surface area contributed by atoms with Crippen LogP contribution in [0.5, 0.6) is 0 Å². The lowest BCUT2D eigenvalue weighted by Gasteiger charge is -2.19. The number of carbonyl (C=O) groups is 3. The Kier molecular flexibility index (Phi) is 17.5. The van der Waals surface area contributed by atoms with Gasteiger partial charge in [0.15, 0.2) is 0 Å². The van der Waals surface area contributed by atoms with Crippen molar-refractivity contribution in [3.05, 3.63) is 213 Å². The van der Waals surface area contributed by atoms with Gasteiger partial charge in [0.25, 0.3) is 0 Å². The van der Waals surface area contributed by atoms with Crippen LogP contribution in [-0.2, 0) is 86.8 Å². The Morgan fingerprint density at radius 2 is 0.616 bits per heavy atom. The van der Waals surface area contributed by atoms with Gasteiger partial charge in [-0.2, -0.15) is 0 Å². The molecule has 13 heteroatoms. The average Bonchev–Trinajstić information content (AvgIpc) is 1.70. The minimum atomic E-state index is -0.370. The third-order valence-corrected chi connectivity index (χ3v) is 17.4. The molecule has 86 heavy (non-hydrogen) atoms. The number of ether oxygens (including phenoxy) is 3.